The molecule has 0 saturated heterocycles. The van der Waals surface area contributed by atoms with Gasteiger partial charge in [-0.1, -0.05) is 44.2 Å². The first kappa shape index (κ1) is 24.0. The molecule has 0 unspecified atom stereocenters. The van der Waals surface area contributed by atoms with Gasteiger partial charge in [0.1, 0.15) is 0 Å². The van der Waals surface area contributed by atoms with E-state index >= 15 is 0 Å². The Labute approximate surface area is 192 Å². The van der Waals surface area contributed by atoms with Crippen molar-refractivity contribution in [3.8, 4) is 11.1 Å². The highest BCUT2D eigenvalue weighted by Gasteiger charge is 2.27. The van der Waals surface area contributed by atoms with Crippen LogP contribution in [0.3, 0.4) is 0 Å². The number of fused-ring (bicyclic) bond motifs is 1. The summed E-state index contributed by atoms with van der Waals surface area (Å²) in [4.78, 5) is 39.2. The number of methoxy groups -OCH3 is 1. The van der Waals surface area contributed by atoms with Crippen molar-refractivity contribution in [2.75, 3.05) is 18.6 Å². The van der Waals surface area contributed by atoms with E-state index in [-0.39, 0.29) is 30.3 Å². The van der Waals surface area contributed by atoms with Crippen molar-refractivity contribution in [3.63, 3.8) is 0 Å². The molecular formula is C25H29N3O5. The maximum Gasteiger partial charge on any atom is 0.423 e. The Morgan fingerprint density at radius 3 is 2.33 bits per heavy atom. The smallest absolute Gasteiger partial charge is 0.423 e. The number of ether oxygens (including phenoxy) is 2. The molecular weight excluding hydrogens is 422 g/mol. The van der Waals surface area contributed by atoms with Gasteiger partial charge in [0.15, 0.2) is 0 Å². The van der Waals surface area contributed by atoms with Crippen molar-refractivity contribution >= 4 is 28.6 Å². The van der Waals surface area contributed by atoms with E-state index < -0.39 is 12.2 Å². The Morgan fingerprint density at radius 1 is 1.06 bits per heavy atom. The summed E-state index contributed by atoms with van der Waals surface area (Å²) in [7, 11) is 1.18. The third-order valence-corrected chi connectivity index (χ3v) is 5.23. The van der Waals surface area contributed by atoms with E-state index in [1.807, 2.05) is 44.2 Å². The second-order valence-corrected chi connectivity index (χ2v) is 7.94. The number of benzene rings is 2. The van der Waals surface area contributed by atoms with Crippen LogP contribution in [-0.4, -0.2) is 30.5 Å². The molecule has 2 N–H and O–H groups in total. The van der Waals surface area contributed by atoms with Gasteiger partial charge in [0.05, 0.1) is 19.4 Å². The van der Waals surface area contributed by atoms with E-state index in [0.717, 1.165) is 16.0 Å². The van der Waals surface area contributed by atoms with E-state index in [0.29, 0.717) is 23.0 Å². The molecule has 0 fully saturated rings. The van der Waals surface area contributed by atoms with Gasteiger partial charge in [-0.15, -0.1) is 0 Å². The summed E-state index contributed by atoms with van der Waals surface area (Å²) in [6.07, 6.45) is -1.75. The monoisotopic (exact) mass is 451 g/mol. The van der Waals surface area contributed by atoms with Crippen molar-refractivity contribution in [3.05, 3.63) is 64.6 Å². The molecule has 0 saturated carbocycles. The number of hydrogen-bond acceptors (Lipinski definition) is 6. The van der Waals surface area contributed by atoms with Crippen LogP contribution in [-0.2, 0) is 22.6 Å². The van der Waals surface area contributed by atoms with Crippen molar-refractivity contribution in [1.29, 1.82) is 0 Å². The number of pyridine rings is 1. The van der Waals surface area contributed by atoms with Gasteiger partial charge in [-0.25, -0.2) is 9.59 Å². The number of anilines is 1. The molecule has 0 radical (unpaired) electrons. The quantitative estimate of drug-likeness (QED) is 0.591. The lowest BCUT2D eigenvalue weighted by molar-refractivity contribution is 0.148. The Kier molecular flexibility index (Phi) is 7.50. The van der Waals surface area contributed by atoms with Gasteiger partial charge in [0.25, 0.3) is 5.56 Å². The number of amides is 2. The Bertz CT molecular complexity index is 1220. The summed E-state index contributed by atoms with van der Waals surface area (Å²) in [6.45, 7) is 6.47. The van der Waals surface area contributed by atoms with Crippen LogP contribution >= 0.6 is 0 Å². The average molecular weight is 452 g/mol. The van der Waals surface area contributed by atoms with Crippen LogP contribution < -0.4 is 16.2 Å². The van der Waals surface area contributed by atoms with Crippen molar-refractivity contribution in [2.24, 2.45) is 11.7 Å². The van der Waals surface area contributed by atoms with Crippen molar-refractivity contribution < 1.29 is 19.1 Å². The second kappa shape index (κ2) is 10.3. The fourth-order valence-corrected chi connectivity index (χ4v) is 3.89. The first-order valence-corrected chi connectivity index (χ1v) is 10.8. The highest BCUT2D eigenvalue weighted by Crippen LogP contribution is 2.33. The van der Waals surface area contributed by atoms with Crippen LogP contribution in [0.1, 0.15) is 26.5 Å². The van der Waals surface area contributed by atoms with Gasteiger partial charge in [0.2, 0.25) is 0 Å². The van der Waals surface area contributed by atoms with Crippen LogP contribution in [0.25, 0.3) is 21.9 Å². The van der Waals surface area contributed by atoms with Crippen LogP contribution in [0, 0.1) is 5.92 Å². The highest BCUT2D eigenvalue weighted by atomic mass is 16.6. The molecule has 0 atom stereocenters. The largest absolute Gasteiger partial charge is 0.452 e. The Balaban J connectivity index is 2.40. The molecule has 0 spiro atoms. The van der Waals surface area contributed by atoms with E-state index in [1.165, 1.54) is 13.2 Å². The van der Waals surface area contributed by atoms with Gasteiger partial charge < -0.3 is 19.8 Å². The van der Waals surface area contributed by atoms with E-state index in [9.17, 15) is 14.4 Å². The number of carbonyl (C=O) groups excluding carboxylic acids is 2. The topological polar surface area (TPSA) is 104 Å². The zero-order valence-corrected chi connectivity index (χ0v) is 19.3. The van der Waals surface area contributed by atoms with Gasteiger partial charge in [0, 0.05) is 29.7 Å². The molecule has 2 aromatic carbocycles. The molecule has 1 aromatic heterocycles. The lowest BCUT2D eigenvalue weighted by Gasteiger charge is -2.23. The van der Waals surface area contributed by atoms with Gasteiger partial charge in [-0.05, 0) is 42.0 Å². The molecule has 0 aliphatic carbocycles. The predicted molar refractivity (Wildman–Crippen MR) is 128 cm³/mol. The minimum atomic E-state index is -0.888. The average Bonchev–Trinajstić information content (AvgIpc) is 2.81. The summed E-state index contributed by atoms with van der Waals surface area (Å²) in [6, 6.07) is 14.4. The first-order valence-electron chi connectivity index (χ1n) is 10.8. The van der Waals surface area contributed by atoms with E-state index in [1.54, 1.807) is 23.6 Å². The number of hydrogen-bond donors (Lipinski definition) is 1. The molecule has 33 heavy (non-hydrogen) atoms. The zero-order chi connectivity index (χ0) is 24.1. The summed E-state index contributed by atoms with van der Waals surface area (Å²) in [5, 5.41) is 1.05. The van der Waals surface area contributed by atoms with Crippen molar-refractivity contribution in [2.45, 2.75) is 33.9 Å². The maximum atomic E-state index is 13.4. The third-order valence-electron chi connectivity index (χ3n) is 5.23. The molecule has 0 aliphatic rings. The predicted octanol–water partition coefficient (Wildman–Crippen LogP) is 4.51. The Morgan fingerprint density at radius 2 is 1.76 bits per heavy atom. The van der Waals surface area contributed by atoms with Gasteiger partial charge in [-0.3, -0.25) is 4.79 Å². The molecule has 8 nitrogen and oxygen atoms in total. The van der Waals surface area contributed by atoms with Crippen LogP contribution in [0.15, 0.2) is 53.3 Å². The van der Waals surface area contributed by atoms with Gasteiger partial charge >= 0.3 is 12.2 Å². The number of nitrogens with zero attached hydrogens (tertiary/aromatic N) is 2. The standard InChI is InChI=1S/C25H29N3O5/c1-5-33-25(31)28(24(30)32-4)18-11-12-19-20(13-18)22(17-9-7-6-8-10-17)21(14-26)27(23(19)29)15-16(2)3/h6-13,16H,5,14-15,26H2,1-4H3. The molecule has 0 bridgehead atoms. The zero-order valence-electron chi connectivity index (χ0n) is 19.3. The lowest BCUT2D eigenvalue weighted by Crippen LogP contribution is -2.37. The number of carbonyl (C=O) groups is 2. The van der Waals surface area contributed by atoms with Crippen molar-refractivity contribution in [1.82, 2.24) is 4.57 Å². The van der Waals surface area contributed by atoms with Crippen LogP contribution in [0.4, 0.5) is 15.3 Å². The normalized spacial score (nSPS) is 11.0. The summed E-state index contributed by atoms with van der Waals surface area (Å²) in [5.41, 5.74) is 8.56. The summed E-state index contributed by atoms with van der Waals surface area (Å²) < 4.78 is 11.6. The summed E-state index contributed by atoms with van der Waals surface area (Å²) >= 11 is 0. The molecule has 1 heterocycles. The molecule has 3 rings (SSSR count). The van der Waals surface area contributed by atoms with Crippen LogP contribution in [0.2, 0.25) is 0 Å². The fraction of sp³-hybridized carbons (Fsp3) is 0.320. The molecule has 0 aliphatic heterocycles. The maximum absolute atomic E-state index is 13.4. The fourth-order valence-electron chi connectivity index (χ4n) is 3.89. The number of aromatic nitrogens is 1. The molecule has 8 heteroatoms. The Hall–Kier alpha value is -3.65. The molecule has 3 aromatic rings. The minimum Gasteiger partial charge on any atom is -0.452 e. The van der Waals surface area contributed by atoms with Crippen LogP contribution in [0.5, 0.6) is 0 Å². The first-order chi connectivity index (χ1) is 15.8. The number of imide groups is 1. The molecule has 174 valence electrons. The number of nitrogens with two attached hydrogens (primary N) is 1. The number of rotatable bonds is 6. The van der Waals surface area contributed by atoms with Gasteiger partial charge in [-0.2, -0.15) is 4.90 Å². The summed E-state index contributed by atoms with van der Waals surface area (Å²) in [5.74, 6) is 0.229. The van der Waals surface area contributed by atoms with E-state index in [4.69, 9.17) is 15.2 Å². The lowest BCUT2D eigenvalue weighted by atomic mass is 9.95. The SMILES string of the molecule is CCOC(=O)N(C(=O)OC)c1ccc2c(=O)n(CC(C)C)c(CN)c(-c3ccccc3)c2c1. The highest BCUT2D eigenvalue weighted by molar-refractivity contribution is 6.11. The van der Waals surface area contributed by atoms with E-state index in [2.05, 4.69) is 0 Å². The minimum absolute atomic E-state index is 0.0897. The third kappa shape index (κ3) is 4.75. The molecule has 2 amide bonds. The second-order valence-electron chi connectivity index (χ2n) is 7.94.